The molecule has 0 bridgehead atoms. The molecule has 42 valence electrons. The van der Waals surface area contributed by atoms with E-state index in [4.69, 9.17) is 4.74 Å². The van der Waals surface area contributed by atoms with E-state index in [0.717, 1.165) is 6.51 Å². The first-order valence-electron chi connectivity index (χ1n) is 2.39. The molecular formula is C4H11BOS. The van der Waals surface area contributed by atoms with Crippen LogP contribution in [0.4, 0.5) is 0 Å². The molecule has 1 nitrogen and oxygen atoms in total. The number of hydrogen-bond donors (Lipinski definition) is 0. The van der Waals surface area contributed by atoms with E-state index in [1.165, 1.54) is 12.9 Å². The lowest BCUT2D eigenvalue weighted by atomic mass is 9.84. The van der Waals surface area contributed by atoms with E-state index < -0.39 is 0 Å². The SMILES string of the molecule is COCBCSC. The summed E-state index contributed by atoms with van der Waals surface area (Å²) in [6.45, 7) is 0.904. The number of methoxy groups -OCH3 is 1. The maximum absolute atomic E-state index is 4.83. The van der Waals surface area contributed by atoms with Gasteiger partial charge in [-0.1, -0.05) is 0 Å². The lowest BCUT2D eigenvalue weighted by molar-refractivity contribution is 0.252. The highest BCUT2D eigenvalue weighted by Crippen LogP contribution is 1.86. The first-order chi connectivity index (χ1) is 3.41. The van der Waals surface area contributed by atoms with Gasteiger partial charge in [-0.25, -0.2) is 0 Å². The maximum Gasteiger partial charge on any atom is 0.164 e. The van der Waals surface area contributed by atoms with Gasteiger partial charge in [0.05, 0.1) is 0 Å². The second-order valence-corrected chi connectivity index (χ2v) is 2.32. The van der Waals surface area contributed by atoms with Crippen LogP contribution in [0.2, 0.25) is 0 Å². The van der Waals surface area contributed by atoms with Gasteiger partial charge < -0.3 is 4.74 Å². The Morgan fingerprint density at radius 3 is 2.86 bits per heavy atom. The van der Waals surface area contributed by atoms with Crippen LogP contribution >= 0.6 is 11.8 Å². The minimum Gasteiger partial charge on any atom is -0.393 e. The molecule has 0 radical (unpaired) electrons. The third-order valence-electron chi connectivity index (χ3n) is 0.697. The van der Waals surface area contributed by atoms with Gasteiger partial charge in [0.25, 0.3) is 0 Å². The zero-order valence-corrected chi connectivity index (χ0v) is 5.75. The summed E-state index contributed by atoms with van der Waals surface area (Å²) in [5, 5.41) is 0. The molecule has 0 aromatic carbocycles. The highest BCUT2D eigenvalue weighted by atomic mass is 32.2. The maximum atomic E-state index is 4.83. The van der Waals surface area contributed by atoms with Gasteiger partial charge in [-0.05, 0) is 11.9 Å². The minimum absolute atomic E-state index is 0.904. The van der Waals surface area contributed by atoms with Gasteiger partial charge in [0, 0.05) is 13.6 Å². The molecule has 0 aliphatic heterocycles. The molecule has 7 heavy (non-hydrogen) atoms. The van der Waals surface area contributed by atoms with Crippen molar-refractivity contribution in [1.29, 1.82) is 0 Å². The quantitative estimate of drug-likeness (QED) is 0.389. The van der Waals surface area contributed by atoms with Gasteiger partial charge in [0.2, 0.25) is 0 Å². The molecule has 0 aromatic rings. The van der Waals surface area contributed by atoms with Crippen molar-refractivity contribution < 1.29 is 4.74 Å². The van der Waals surface area contributed by atoms with Gasteiger partial charge in [0.1, 0.15) is 0 Å². The van der Waals surface area contributed by atoms with Crippen molar-refractivity contribution in [2.45, 2.75) is 0 Å². The monoisotopic (exact) mass is 118 g/mol. The molecule has 0 fully saturated rings. The zero-order valence-electron chi connectivity index (χ0n) is 4.94. The van der Waals surface area contributed by atoms with E-state index in [-0.39, 0.29) is 0 Å². The second kappa shape index (κ2) is 6.37. The summed E-state index contributed by atoms with van der Waals surface area (Å²) in [4.78, 5) is 0. The van der Waals surface area contributed by atoms with E-state index >= 15 is 0 Å². The van der Waals surface area contributed by atoms with Gasteiger partial charge in [-0.2, -0.15) is 11.8 Å². The van der Waals surface area contributed by atoms with Crippen LogP contribution in [0.5, 0.6) is 0 Å². The van der Waals surface area contributed by atoms with Crippen molar-refractivity contribution in [2.75, 3.05) is 25.5 Å². The summed E-state index contributed by atoms with van der Waals surface area (Å²) >= 11 is 1.86. The lowest BCUT2D eigenvalue weighted by Crippen LogP contribution is -2.02. The first kappa shape index (κ1) is 7.37. The van der Waals surface area contributed by atoms with Crippen molar-refractivity contribution in [3.63, 3.8) is 0 Å². The van der Waals surface area contributed by atoms with Crippen molar-refractivity contribution in [3.8, 4) is 0 Å². The molecular weight excluding hydrogens is 107 g/mol. The summed E-state index contributed by atoms with van der Waals surface area (Å²) in [7, 11) is 2.91. The van der Waals surface area contributed by atoms with E-state index in [2.05, 4.69) is 6.26 Å². The molecule has 0 aliphatic rings. The number of ether oxygens (including phenoxy) is 1. The van der Waals surface area contributed by atoms with Gasteiger partial charge in [-0.3, -0.25) is 0 Å². The predicted octanol–water partition coefficient (Wildman–Crippen LogP) is 0.347. The molecule has 0 saturated carbocycles. The highest BCUT2D eigenvalue weighted by molar-refractivity contribution is 7.99. The normalized spacial score (nSPS) is 8.86. The van der Waals surface area contributed by atoms with Crippen LogP contribution < -0.4 is 0 Å². The molecule has 0 atom stereocenters. The molecule has 0 heterocycles. The smallest absolute Gasteiger partial charge is 0.164 e. The molecule has 0 aromatic heterocycles. The van der Waals surface area contributed by atoms with E-state index in [0.29, 0.717) is 0 Å². The fourth-order valence-corrected chi connectivity index (χ4v) is 0.754. The van der Waals surface area contributed by atoms with Crippen molar-refractivity contribution >= 4 is 19.0 Å². The Hall–Kier alpha value is 0.375. The van der Waals surface area contributed by atoms with E-state index in [9.17, 15) is 0 Å². The first-order valence-corrected chi connectivity index (χ1v) is 3.79. The van der Waals surface area contributed by atoms with Crippen LogP contribution in [-0.2, 0) is 4.74 Å². The molecule has 3 heteroatoms. The van der Waals surface area contributed by atoms with Crippen LogP contribution in [0.25, 0.3) is 0 Å². The molecule has 0 saturated heterocycles. The summed E-state index contributed by atoms with van der Waals surface area (Å²) in [5.74, 6) is 0. The Balaban J connectivity index is 2.45. The van der Waals surface area contributed by atoms with Crippen LogP contribution in [0.3, 0.4) is 0 Å². The Labute approximate surface area is 50.1 Å². The largest absolute Gasteiger partial charge is 0.393 e. The topological polar surface area (TPSA) is 9.23 Å². The molecule has 0 rings (SSSR count). The number of hydrogen-bond acceptors (Lipinski definition) is 2. The van der Waals surface area contributed by atoms with E-state index in [1.807, 2.05) is 11.8 Å². The average Bonchev–Trinajstić information content (AvgIpc) is 1.69. The standard InChI is InChI=1S/C4H11BOS/c1-6-3-5-4-7-2/h5H,3-4H2,1-2H3. The Bertz CT molecular complexity index is 30.9. The molecule has 0 amide bonds. The Kier molecular flexibility index (Phi) is 6.72. The minimum atomic E-state index is 0.904. The Morgan fingerprint density at radius 2 is 2.43 bits per heavy atom. The predicted molar refractivity (Wildman–Crippen MR) is 37.4 cm³/mol. The summed E-state index contributed by atoms with van der Waals surface area (Å²) in [6, 6.07) is 0. The summed E-state index contributed by atoms with van der Waals surface area (Å²) in [5.41, 5.74) is 1.22. The van der Waals surface area contributed by atoms with Gasteiger partial charge in [-0.15, -0.1) is 0 Å². The molecule has 0 N–H and O–H groups in total. The molecule has 0 spiro atoms. The van der Waals surface area contributed by atoms with Gasteiger partial charge in [0.15, 0.2) is 7.28 Å². The molecule has 0 aliphatic carbocycles. The highest BCUT2D eigenvalue weighted by Gasteiger charge is 1.84. The summed E-state index contributed by atoms with van der Waals surface area (Å²) in [6.07, 6.45) is 2.11. The van der Waals surface area contributed by atoms with Crippen molar-refractivity contribution in [1.82, 2.24) is 0 Å². The third kappa shape index (κ3) is 6.37. The third-order valence-corrected chi connectivity index (χ3v) is 1.39. The number of thioether (sulfide) groups is 1. The van der Waals surface area contributed by atoms with Crippen LogP contribution in [0, 0.1) is 0 Å². The van der Waals surface area contributed by atoms with Crippen molar-refractivity contribution in [2.24, 2.45) is 0 Å². The van der Waals surface area contributed by atoms with Crippen LogP contribution in [0.15, 0.2) is 0 Å². The fraction of sp³-hybridized carbons (Fsp3) is 1.00. The van der Waals surface area contributed by atoms with Crippen LogP contribution in [0.1, 0.15) is 0 Å². The second-order valence-electron chi connectivity index (χ2n) is 1.34. The van der Waals surface area contributed by atoms with Crippen molar-refractivity contribution in [3.05, 3.63) is 0 Å². The van der Waals surface area contributed by atoms with Gasteiger partial charge >= 0.3 is 0 Å². The van der Waals surface area contributed by atoms with E-state index in [1.54, 1.807) is 7.11 Å². The summed E-state index contributed by atoms with van der Waals surface area (Å²) < 4.78 is 4.83. The van der Waals surface area contributed by atoms with Crippen LogP contribution in [-0.4, -0.2) is 32.8 Å². The average molecular weight is 118 g/mol. The molecule has 0 unspecified atom stereocenters. The lowest BCUT2D eigenvalue weighted by Gasteiger charge is -1.90. The zero-order chi connectivity index (χ0) is 5.54. The Morgan fingerprint density at radius 1 is 1.71 bits per heavy atom. The number of rotatable bonds is 4. The fourth-order valence-electron chi connectivity index (χ4n) is 0.348.